The molecule has 0 saturated heterocycles. The molecule has 0 heterocycles. The number of nitrogens with two attached hydrogens (primary N) is 1. The highest BCUT2D eigenvalue weighted by molar-refractivity contribution is 14.1. The normalized spacial score (nSPS) is 10.3. The van der Waals surface area contributed by atoms with Crippen LogP contribution < -0.4 is 11.1 Å². The second-order valence-electron chi connectivity index (χ2n) is 3.80. The van der Waals surface area contributed by atoms with Crippen molar-refractivity contribution in [2.75, 3.05) is 11.1 Å². The Balaban J connectivity index is 2.31. The molecule has 2 aromatic carbocycles. The molecule has 2 aromatic rings. The number of hydrogen-bond acceptors (Lipinski definition) is 2. The molecule has 0 amide bonds. The zero-order chi connectivity index (χ0) is 12.4. The Labute approximate surface area is 113 Å². The highest BCUT2D eigenvalue weighted by atomic mass is 127. The Morgan fingerprint density at radius 1 is 1.24 bits per heavy atom. The number of aryl methyl sites for hydroxylation is 1. The number of rotatable bonds is 2. The third-order valence-electron chi connectivity index (χ3n) is 2.50. The molecule has 0 fully saturated rings. The van der Waals surface area contributed by atoms with E-state index >= 15 is 0 Å². The monoisotopic (exact) mass is 342 g/mol. The summed E-state index contributed by atoms with van der Waals surface area (Å²) in [5, 5.41) is 3.18. The predicted octanol–water partition coefficient (Wildman–Crippen LogP) is 4.06. The number of nitrogen functional groups attached to an aromatic ring is 1. The van der Waals surface area contributed by atoms with Crippen molar-refractivity contribution in [1.29, 1.82) is 0 Å². The van der Waals surface area contributed by atoms with Gasteiger partial charge in [-0.3, -0.25) is 0 Å². The molecule has 0 aliphatic rings. The predicted molar refractivity (Wildman–Crippen MR) is 78.0 cm³/mol. The fraction of sp³-hybridized carbons (Fsp3) is 0.0769. The van der Waals surface area contributed by atoms with E-state index in [1.165, 1.54) is 6.07 Å². The Morgan fingerprint density at radius 2 is 2.00 bits per heavy atom. The molecule has 0 unspecified atom stereocenters. The Bertz CT molecular complexity index is 555. The summed E-state index contributed by atoms with van der Waals surface area (Å²) in [6, 6.07) is 10.6. The number of anilines is 3. The van der Waals surface area contributed by atoms with Gasteiger partial charge in [0.2, 0.25) is 0 Å². The van der Waals surface area contributed by atoms with Gasteiger partial charge in [-0.05, 0) is 65.4 Å². The molecule has 0 atom stereocenters. The van der Waals surface area contributed by atoms with Gasteiger partial charge in [-0.2, -0.15) is 0 Å². The maximum atomic E-state index is 13.4. The summed E-state index contributed by atoms with van der Waals surface area (Å²) in [5.41, 5.74) is 9.16. The third-order valence-corrected chi connectivity index (χ3v) is 3.60. The van der Waals surface area contributed by atoms with Gasteiger partial charge < -0.3 is 11.1 Å². The average Bonchev–Trinajstić information content (AvgIpc) is 2.30. The van der Waals surface area contributed by atoms with Crippen LogP contribution in [0.3, 0.4) is 0 Å². The molecule has 2 nitrogen and oxygen atoms in total. The van der Waals surface area contributed by atoms with Gasteiger partial charge in [0.25, 0.3) is 0 Å². The molecule has 4 heteroatoms. The van der Waals surface area contributed by atoms with Gasteiger partial charge >= 0.3 is 0 Å². The van der Waals surface area contributed by atoms with E-state index in [4.69, 9.17) is 5.73 Å². The highest BCUT2D eigenvalue weighted by Crippen LogP contribution is 2.26. The number of benzene rings is 2. The van der Waals surface area contributed by atoms with Gasteiger partial charge in [0.05, 0.1) is 9.26 Å². The molecule has 17 heavy (non-hydrogen) atoms. The summed E-state index contributed by atoms with van der Waals surface area (Å²) < 4.78 is 13.9. The number of nitrogens with one attached hydrogen (secondary N) is 1. The van der Waals surface area contributed by atoms with Crippen LogP contribution in [0.25, 0.3) is 0 Å². The van der Waals surface area contributed by atoms with Crippen molar-refractivity contribution in [3.8, 4) is 0 Å². The molecular weight excluding hydrogens is 330 g/mol. The van der Waals surface area contributed by atoms with Crippen LogP contribution in [-0.2, 0) is 0 Å². The first kappa shape index (κ1) is 12.2. The topological polar surface area (TPSA) is 38.0 Å². The van der Waals surface area contributed by atoms with E-state index in [1.807, 2.05) is 53.8 Å². The molecule has 0 spiro atoms. The minimum Gasteiger partial charge on any atom is -0.399 e. The second kappa shape index (κ2) is 4.91. The van der Waals surface area contributed by atoms with Gasteiger partial charge in [-0.1, -0.05) is 6.07 Å². The molecule has 88 valence electrons. The van der Waals surface area contributed by atoms with Crippen molar-refractivity contribution >= 4 is 39.7 Å². The maximum Gasteiger partial charge on any atom is 0.138 e. The SMILES string of the molecule is Cc1cc(Nc2cccc(F)c2I)ccc1N. The highest BCUT2D eigenvalue weighted by Gasteiger charge is 2.05. The number of hydrogen-bond donors (Lipinski definition) is 2. The van der Waals surface area contributed by atoms with Gasteiger partial charge in [0.15, 0.2) is 0 Å². The molecule has 3 N–H and O–H groups in total. The molecule has 0 bridgehead atoms. The van der Waals surface area contributed by atoms with Crippen LogP contribution in [-0.4, -0.2) is 0 Å². The van der Waals surface area contributed by atoms with Crippen LogP contribution in [0, 0.1) is 16.3 Å². The fourth-order valence-electron chi connectivity index (χ4n) is 1.51. The van der Waals surface area contributed by atoms with Crippen molar-refractivity contribution in [3.05, 3.63) is 51.3 Å². The zero-order valence-electron chi connectivity index (χ0n) is 9.30. The third kappa shape index (κ3) is 2.69. The lowest BCUT2D eigenvalue weighted by Crippen LogP contribution is -1.97. The Hall–Kier alpha value is -1.30. The van der Waals surface area contributed by atoms with Crippen LogP contribution in [0.15, 0.2) is 36.4 Å². The van der Waals surface area contributed by atoms with Crippen molar-refractivity contribution in [1.82, 2.24) is 0 Å². The summed E-state index contributed by atoms with van der Waals surface area (Å²) in [4.78, 5) is 0. The van der Waals surface area contributed by atoms with Crippen LogP contribution >= 0.6 is 22.6 Å². The van der Waals surface area contributed by atoms with Crippen LogP contribution in [0.4, 0.5) is 21.5 Å². The summed E-state index contributed by atoms with van der Waals surface area (Å²) in [6.07, 6.45) is 0. The lowest BCUT2D eigenvalue weighted by Gasteiger charge is -2.10. The van der Waals surface area contributed by atoms with E-state index in [1.54, 1.807) is 6.07 Å². The van der Waals surface area contributed by atoms with Crippen molar-refractivity contribution < 1.29 is 4.39 Å². The molecule has 0 saturated carbocycles. The zero-order valence-corrected chi connectivity index (χ0v) is 11.5. The van der Waals surface area contributed by atoms with Gasteiger partial charge in [-0.15, -0.1) is 0 Å². The summed E-state index contributed by atoms with van der Waals surface area (Å²) in [6.45, 7) is 1.94. The van der Waals surface area contributed by atoms with E-state index < -0.39 is 0 Å². The molecular formula is C13H12FIN2. The summed E-state index contributed by atoms with van der Waals surface area (Å²) >= 11 is 1.98. The largest absolute Gasteiger partial charge is 0.399 e. The van der Waals surface area contributed by atoms with E-state index in [9.17, 15) is 4.39 Å². The van der Waals surface area contributed by atoms with Crippen molar-refractivity contribution in [2.45, 2.75) is 6.92 Å². The Kier molecular flexibility index (Phi) is 3.51. The first-order valence-electron chi connectivity index (χ1n) is 5.15. The van der Waals surface area contributed by atoms with Crippen LogP contribution in [0.2, 0.25) is 0 Å². The van der Waals surface area contributed by atoms with E-state index in [0.29, 0.717) is 3.57 Å². The maximum absolute atomic E-state index is 13.4. The van der Waals surface area contributed by atoms with Crippen LogP contribution in [0.5, 0.6) is 0 Å². The van der Waals surface area contributed by atoms with Crippen molar-refractivity contribution in [2.24, 2.45) is 0 Å². The van der Waals surface area contributed by atoms with Crippen molar-refractivity contribution in [3.63, 3.8) is 0 Å². The minimum atomic E-state index is -0.220. The van der Waals surface area contributed by atoms with Gasteiger partial charge in [0, 0.05) is 11.4 Å². The number of halogens is 2. The molecule has 2 rings (SSSR count). The summed E-state index contributed by atoms with van der Waals surface area (Å²) in [5.74, 6) is -0.220. The standard InChI is InChI=1S/C13H12FIN2/c1-8-7-9(5-6-11(8)16)17-12-4-2-3-10(14)13(12)15/h2-7,17H,16H2,1H3. The minimum absolute atomic E-state index is 0.220. The lowest BCUT2D eigenvalue weighted by atomic mass is 10.2. The lowest BCUT2D eigenvalue weighted by molar-refractivity contribution is 0.621. The average molecular weight is 342 g/mol. The molecule has 0 aromatic heterocycles. The first-order chi connectivity index (χ1) is 8.08. The second-order valence-corrected chi connectivity index (χ2v) is 4.88. The molecule has 0 aliphatic carbocycles. The van der Waals surface area contributed by atoms with E-state index in [-0.39, 0.29) is 5.82 Å². The van der Waals surface area contributed by atoms with Gasteiger partial charge in [0.1, 0.15) is 5.82 Å². The molecule has 0 radical (unpaired) electrons. The fourth-order valence-corrected chi connectivity index (χ4v) is 2.00. The summed E-state index contributed by atoms with van der Waals surface area (Å²) in [7, 11) is 0. The van der Waals surface area contributed by atoms with Crippen LogP contribution in [0.1, 0.15) is 5.56 Å². The first-order valence-corrected chi connectivity index (χ1v) is 6.23. The van der Waals surface area contributed by atoms with E-state index in [0.717, 1.165) is 22.6 Å². The van der Waals surface area contributed by atoms with E-state index in [2.05, 4.69) is 5.32 Å². The molecule has 0 aliphatic heterocycles. The smallest absolute Gasteiger partial charge is 0.138 e. The quantitative estimate of drug-likeness (QED) is 0.638. The Morgan fingerprint density at radius 3 is 2.71 bits per heavy atom. The van der Waals surface area contributed by atoms with Gasteiger partial charge in [-0.25, -0.2) is 4.39 Å².